The minimum Gasteiger partial charge on any atom is -0.389 e. The van der Waals surface area contributed by atoms with E-state index in [1.54, 1.807) is 19.1 Å². The van der Waals surface area contributed by atoms with E-state index in [1.807, 2.05) is 0 Å². The van der Waals surface area contributed by atoms with Crippen LogP contribution in [0.15, 0.2) is 18.2 Å². The first-order valence-electron chi connectivity index (χ1n) is 6.27. The molecule has 0 bridgehead atoms. The third-order valence-electron chi connectivity index (χ3n) is 3.42. The van der Waals surface area contributed by atoms with Gasteiger partial charge in [0.05, 0.1) is 17.7 Å². The lowest BCUT2D eigenvalue weighted by Gasteiger charge is -2.21. The number of hydrogen-bond donors (Lipinski definition) is 2. The maximum absolute atomic E-state index is 13.5. The Morgan fingerprint density at radius 2 is 2.11 bits per heavy atom. The highest BCUT2D eigenvalue weighted by atomic mass is 19.1. The molecule has 3 nitrogen and oxygen atoms in total. The lowest BCUT2D eigenvalue weighted by Crippen LogP contribution is -2.30. The van der Waals surface area contributed by atoms with Crippen LogP contribution < -0.4 is 5.32 Å². The Labute approximate surface area is 106 Å². The fourth-order valence-electron chi connectivity index (χ4n) is 2.42. The van der Waals surface area contributed by atoms with Gasteiger partial charge in [0.25, 0.3) is 0 Å². The average molecular weight is 251 g/mol. The van der Waals surface area contributed by atoms with Gasteiger partial charge in [-0.25, -0.2) is 4.39 Å². The molecule has 1 aliphatic rings. The number of carbonyl (C=O) groups is 1. The second kappa shape index (κ2) is 5.06. The van der Waals surface area contributed by atoms with E-state index in [0.29, 0.717) is 12.8 Å². The molecule has 18 heavy (non-hydrogen) atoms. The molecule has 0 aliphatic heterocycles. The topological polar surface area (TPSA) is 49.3 Å². The molecule has 1 aromatic rings. The summed E-state index contributed by atoms with van der Waals surface area (Å²) in [5, 5.41) is 12.6. The van der Waals surface area contributed by atoms with Gasteiger partial charge in [-0.15, -0.1) is 0 Å². The highest BCUT2D eigenvalue weighted by Gasteiger charge is 2.33. The summed E-state index contributed by atoms with van der Waals surface area (Å²) in [6, 6.07) is 4.66. The van der Waals surface area contributed by atoms with E-state index >= 15 is 0 Å². The number of benzene rings is 1. The lowest BCUT2D eigenvalue weighted by atomic mass is 9.97. The number of aryl methyl sites for hydroxylation is 1. The largest absolute Gasteiger partial charge is 0.389 e. The summed E-state index contributed by atoms with van der Waals surface area (Å²) in [6.45, 7) is 1.79. The molecule has 0 radical (unpaired) electrons. The number of anilines is 1. The Kier molecular flexibility index (Phi) is 3.66. The smallest absolute Gasteiger partial charge is 0.227 e. The highest BCUT2D eigenvalue weighted by Crippen LogP contribution is 2.32. The number of nitrogens with one attached hydrogen (secondary N) is 1. The number of carbonyl (C=O) groups excluding carboxylic acids is 1. The van der Waals surface area contributed by atoms with E-state index in [1.165, 1.54) is 6.07 Å². The zero-order valence-corrected chi connectivity index (χ0v) is 10.5. The van der Waals surface area contributed by atoms with Crippen LogP contribution in [0.3, 0.4) is 0 Å². The van der Waals surface area contributed by atoms with Crippen LogP contribution in [0.1, 0.15) is 37.7 Å². The Bertz CT molecular complexity index is 453. The molecular weight excluding hydrogens is 233 g/mol. The standard InChI is InChI=1S/C14H18FNO2/c1-10-4-5-12(11(15)8-10)16-13(17)9-14(18)6-2-3-7-14/h4-5,8,18H,2-3,6-7,9H2,1H3,(H,16,17). The van der Waals surface area contributed by atoms with Crippen molar-refractivity contribution in [2.45, 2.75) is 44.6 Å². The zero-order valence-electron chi connectivity index (χ0n) is 10.5. The van der Waals surface area contributed by atoms with Gasteiger partial charge in [-0.2, -0.15) is 0 Å². The summed E-state index contributed by atoms with van der Waals surface area (Å²) in [6.07, 6.45) is 3.24. The minimum atomic E-state index is -0.898. The summed E-state index contributed by atoms with van der Waals surface area (Å²) in [5.74, 6) is -0.774. The second-order valence-corrected chi connectivity index (χ2v) is 5.14. The number of rotatable bonds is 3. The van der Waals surface area contributed by atoms with E-state index < -0.39 is 11.4 Å². The van der Waals surface area contributed by atoms with Gasteiger partial charge in [0, 0.05) is 0 Å². The highest BCUT2D eigenvalue weighted by molar-refractivity contribution is 5.91. The molecule has 0 heterocycles. The summed E-state index contributed by atoms with van der Waals surface area (Å²) in [4.78, 5) is 11.8. The molecule has 98 valence electrons. The quantitative estimate of drug-likeness (QED) is 0.867. The third kappa shape index (κ3) is 3.07. The van der Waals surface area contributed by atoms with Crippen molar-refractivity contribution in [2.24, 2.45) is 0 Å². The molecular formula is C14H18FNO2. The molecule has 0 atom stereocenters. The van der Waals surface area contributed by atoms with Gasteiger partial charge in [0.2, 0.25) is 5.91 Å². The van der Waals surface area contributed by atoms with Crippen LogP contribution in [0, 0.1) is 12.7 Å². The van der Waals surface area contributed by atoms with Crippen molar-refractivity contribution in [3.63, 3.8) is 0 Å². The Hall–Kier alpha value is -1.42. The van der Waals surface area contributed by atoms with E-state index in [4.69, 9.17) is 0 Å². The molecule has 1 aliphatic carbocycles. The lowest BCUT2D eigenvalue weighted by molar-refractivity contribution is -0.120. The van der Waals surface area contributed by atoms with Crippen molar-refractivity contribution in [2.75, 3.05) is 5.32 Å². The SMILES string of the molecule is Cc1ccc(NC(=O)CC2(O)CCCC2)c(F)c1. The van der Waals surface area contributed by atoms with Gasteiger partial charge in [0.15, 0.2) is 0 Å². The Morgan fingerprint density at radius 1 is 1.44 bits per heavy atom. The van der Waals surface area contributed by atoms with E-state index in [2.05, 4.69) is 5.32 Å². The van der Waals surface area contributed by atoms with Crippen molar-refractivity contribution >= 4 is 11.6 Å². The first-order chi connectivity index (χ1) is 8.48. The maximum atomic E-state index is 13.5. The summed E-state index contributed by atoms with van der Waals surface area (Å²) < 4.78 is 13.5. The van der Waals surface area contributed by atoms with Crippen LogP contribution in [0.2, 0.25) is 0 Å². The molecule has 4 heteroatoms. The number of halogens is 1. The zero-order chi connectivity index (χ0) is 13.2. The van der Waals surface area contributed by atoms with Crippen LogP contribution in [0.4, 0.5) is 10.1 Å². The molecule has 1 saturated carbocycles. The van der Waals surface area contributed by atoms with Gasteiger partial charge in [0.1, 0.15) is 5.82 Å². The summed E-state index contributed by atoms with van der Waals surface area (Å²) >= 11 is 0. The van der Waals surface area contributed by atoms with Crippen LogP contribution in [-0.2, 0) is 4.79 Å². The molecule has 0 spiro atoms. The number of aliphatic hydroxyl groups is 1. The van der Waals surface area contributed by atoms with E-state index in [-0.39, 0.29) is 18.0 Å². The predicted octanol–water partition coefficient (Wildman–Crippen LogP) is 2.77. The maximum Gasteiger partial charge on any atom is 0.227 e. The third-order valence-corrected chi connectivity index (χ3v) is 3.42. The van der Waals surface area contributed by atoms with Crippen LogP contribution in [0.25, 0.3) is 0 Å². The van der Waals surface area contributed by atoms with Crippen LogP contribution in [-0.4, -0.2) is 16.6 Å². The predicted molar refractivity (Wildman–Crippen MR) is 67.8 cm³/mol. The van der Waals surface area contributed by atoms with Crippen LogP contribution >= 0.6 is 0 Å². The van der Waals surface area contributed by atoms with Gasteiger partial charge >= 0.3 is 0 Å². The summed E-state index contributed by atoms with van der Waals surface area (Å²) in [7, 11) is 0. The average Bonchev–Trinajstić information content (AvgIpc) is 2.69. The van der Waals surface area contributed by atoms with Crippen LogP contribution in [0.5, 0.6) is 0 Å². The van der Waals surface area contributed by atoms with Gasteiger partial charge < -0.3 is 10.4 Å². The van der Waals surface area contributed by atoms with Gasteiger partial charge in [-0.05, 0) is 37.5 Å². The van der Waals surface area contributed by atoms with Crippen molar-refractivity contribution in [3.8, 4) is 0 Å². The molecule has 0 saturated heterocycles. The fraction of sp³-hybridized carbons (Fsp3) is 0.500. The molecule has 2 rings (SSSR count). The molecule has 1 fully saturated rings. The molecule has 1 amide bonds. The fourth-order valence-corrected chi connectivity index (χ4v) is 2.42. The van der Waals surface area contributed by atoms with E-state index in [0.717, 1.165) is 18.4 Å². The minimum absolute atomic E-state index is 0.0420. The molecule has 1 aromatic carbocycles. The van der Waals surface area contributed by atoms with Crippen molar-refractivity contribution in [1.29, 1.82) is 0 Å². The normalized spacial score (nSPS) is 17.7. The first-order valence-corrected chi connectivity index (χ1v) is 6.27. The first kappa shape index (κ1) is 13.0. The van der Waals surface area contributed by atoms with Crippen molar-refractivity contribution in [3.05, 3.63) is 29.6 Å². The molecule has 2 N–H and O–H groups in total. The van der Waals surface area contributed by atoms with Crippen molar-refractivity contribution < 1.29 is 14.3 Å². The van der Waals surface area contributed by atoms with E-state index in [9.17, 15) is 14.3 Å². The number of amides is 1. The Balaban J connectivity index is 1.98. The Morgan fingerprint density at radius 3 is 2.72 bits per heavy atom. The van der Waals surface area contributed by atoms with Gasteiger partial charge in [-0.3, -0.25) is 4.79 Å². The summed E-state index contributed by atoms with van der Waals surface area (Å²) in [5.41, 5.74) is 0.0812. The monoisotopic (exact) mass is 251 g/mol. The van der Waals surface area contributed by atoms with Crippen molar-refractivity contribution in [1.82, 2.24) is 0 Å². The molecule has 0 aromatic heterocycles. The molecule has 0 unspecified atom stereocenters. The number of hydrogen-bond acceptors (Lipinski definition) is 2. The second-order valence-electron chi connectivity index (χ2n) is 5.14. The van der Waals surface area contributed by atoms with Gasteiger partial charge in [-0.1, -0.05) is 18.9 Å².